The van der Waals surface area contributed by atoms with E-state index in [9.17, 15) is 4.79 Å². The molecule has 0 aliphatic rings. The first-order chi connectivity index (χ1) is 7.35. The minimum Gasteiger partial charge on any atom is -0.456 e. The van der Waals surface area contributed by atoms with Gasteiger partial charge in [0.15, 0.2) is 0 Å². The molecule has 0 aliphatic carbocycles. The van der Waals surface area contributed by atoms with Crippen LogP contribution >= 0.6 is 0 Å². The Balaban J connectivity index is 3.08. The molecular formula is C12H18N2O2. The molecule has 0 radical (unpaired) electrons. The predicted molar refractivity (Wildman–Crippen MR) is 63.9 cm³/mol. The molecule has 0 amide bonds. The Morgan fingerprint density at radius 2 is 2.00 bits per heavy atom. The van der Waals surface area contributed by atoms with Crippen LogP contribution in [0.3, 0.4) is 0 Å². The maximum Gasteiger partial charge on any atom is 0.341 e. The average Bonchev–Trinajstić information content (AvgIpc) is 2.14. The van der Waals surface area contributed by atoms with E-state index >= 15 is 0 Å². The highest BCUT2D eigenvalue weighted by Gasteiger charge is 2.21. The van der Waals surface area contributed by atoms with E-state index in [-0.39, 0.29) is 6.54 Å². The van der Waals surface area contributed by atoms with Crippen LogP contribution in [0, 0.1) is 0 Å². The minimum absolute atomic E-state index is 0.264. The minimum atomic E-state index is -0.536. The largest absolute Gasteiger partial charge is 0.456 e. The molecule has 4 heteroatoms. The average molecular weight is 222 g/mol. The maximum atomic E-state index is 11.9. The van der Waals surface area contributed by atoms with Gasteiger partial charge in [-0.15, -0.1) is 0 Å². The molecule has 1 rings (SSSR count). The fourth-order valence-corrected chi connectivity index (χ4v) is 1.37. The van der Waals surface area contributed by atoms with E-state index in [1.54, 1.807) is 18.2 Å². The van der Waals surface area contributed by atoms with Gasteiger partial charge in [-0.2, -0.15) is 0 Å². The van der Waals surface area contributed by atoms with Crippen molar-refractivity contribution >= 4 is 11.7 Å². The summed E-state index contributed by atoms with van der Waals surface area (Å²) in [6, 6.07) is 5.21. The summed E-state index contributed by atoms with van der Waals surface area (Å²) in [7, 11) is 0. The van der Waals surface area contributed by atoms with E-state index in [0.29, 0.717) is 16.8 Å². The SMILES string of the molecule is CC(C)(C)OC(=O)c1c(N)cccc1CN. The zero-order valence-electron chi connectivity index (χ0n) is 9.91. The molecule has 0 bridgehead atoms. The van der Waals surface area contributed by atoms with Gasteiger partial charge in [-0.25, -0.2) is 4.79 Å². The van der Waals surface area contributed by atoms with Gasteiger partial charge in [0.05, 0.1) is 5.56 Å². The second-order valence-corrected chi connectivity index (χ2v) is 4.59. The fourth-order valence-electron chi connectivity index (χ4n) is 1.37. The van der Waals surface area contributed by atoms with Gasteiger partial charge in [-0.3, -0.25) is 0 Å². The van der Waals surface area contributed by atoms with Crippen molar-refractivity contribution in [3.63, 3.8) is 0 Å². The lowest BCUT2D eigenvalue weighted by atomic mass is 10.1. The van der Waals surface area contributed by atoms with Gasteiger partial charge < -0.3 is 16.2 Å². The Morgan fingerprint density at radius 1 is 1.38 bits per heavy atom. The number of nitrogen functional groups attached to an aromatic ring is 1. The van der Waals surface area contributed by atoms with Crippen LogP contribution in [-0.2, 0) is 11.3 Å². The van der Waals surface area contributed by atoms with Gasteiger partial charge in [-0.05, 0) is 32.4 Å². The van der Waals surface area contributed by atoms with Crippen molar-refractivity contribution < 1.29 is 9.53 Å². The standard InChI is InChI=1S/C12H18N2O2/c1-12(2,3)16-11(15)10-8(7-13)5-4-6-9(10)14/h4-6H,7,13-14H2,1-3H3. The van der Waals surface area contributed by atoms with Gasteiger partial charge in [0.1, 0.15) is 5.60 Å². The molecule has 0 heterocycles. The first-order valence-electron chi connectivity index (χ1n) is 5.16. The first kappa shape index (κ1) is 12.5. The highest BCUT2D eigenvalue weighted by molar-refractivity contribution is 5.96. The Labute approximate surface area is 95.6 Å². The van der Waals surface area contributed by atoms with Gasteiger partial charge >= 0.3 is 5.97 Å². The normalized spacial score (nSPS) is 11.2. The lowest BCUT2D eigenvalue weighted by molar-refractivity contribution is 0.00697. The van der Waals surface area contributed by atoms with Crippen LogP contribution in [0.4, 0.5) is 5.69 Å². The molecule has 0 aromatic heterocycles. The van der Waals surface area contributed by atoms with Crippen molar-refractivity contribution in [3.8, 4) is 0 Å². The summed E-state index contributed by atoms with van der Waals surface area (Å²) in [5.41, 5.74) is 12.3. The molecule has 4 N–H and O–H groups in total. The summed E-state index contributed by atoms with van der Waals surface area (Å²) in [4.78, 5) is 11.9. The van der Waals surface area contributed by atoms with Gasteiger partial charge in [0.25, 0.3) is 0 Å². The van der Waals surface area contributed by atoms with E-state index in [1.807, 2.05) is 20.8 Å². The molecular weight excluding hydrogens is 204 g/mol. The number of rotatable bonds is 2. The van der Waals surface area contributed by atoms with Crippen molar-refractivity contribution in [2.24, 2.45) is 5.73 Å². The Kier molecular flexibility index (Phi) is 3.55. The Hall–Kier alpha value is -1.55. The van der Waals surface area contributed by atoms with Gasteiger partial charge in [-0.1, -0.05) is 12.1 Å². The number of ether oxygens (including phenoxy) is 1. The number of anilines is 1. The molecule has 0 saturated carbocycles. The third-order valence-corrected chi connectivity index (χ3v) is 2.01. The highest BCUT2D eigenvalue weighted by Crippen LogP contribution is 2.20. The van der Waals surface area contributed by atoms with Crippen LogP contribution in [0.25, 0.3) is 0 Å². The predicted octanol–water partition coefficient (Wildman–Crippen LogP) is 1.68. The molecule has 0 saturated heterocycles. The summed E-state index contributed by atoms with van der Waals surface area (Å²) in [5, 5.41) is 0. The second-order valence-electron chi connectivity index (χ2n) is 4.59. The number of carbonyl (C=O) groups excluding carboxylic acids is 1. The summed E-state index contributed by atoms with van der Waals surface area (Å²) in [6.45, 7) is 5.70. The van der Waals surface area contributed by atoms with Crippen molar-refractivity contribution in [3.05, 3.63) is 29.3 Å². The van der Waals surface area contributed by atoms with Gasteiger partial charge in [0, 0.05) is 12.2 Å². The number of carbonyl (C=O) groups is 1. The summed E-state index contributed by atoms with van der Waals surface area (Å²) >= 11 is 0. The van der Waals surface area contributed by atoms with Crippen LogP contribution in [0.5, 0.6) is 0 Å². The van der Waals surface area contributed by atoms with E-state index in [2.05, 4.69) is 0 Å². The molecule has 88 valence electrons. The molecule has 0 aliphatic heterocycles. The number of esters is 1. The Bertz CT molecular complexity index is 394. The third-order valence-electron chi connectivity index (χ3n) is 2.01. The molecule has 0 spiro atoms. The number of nitrogens with two attached hydrogens (primary N) is 2. The summed E-state index contributed by atoms with van der Waals surface area (Å²) in [6.07, 6.45) is 0. The van der Waals surface area contributed by atoms with Crippen LogP contribution in [-0.4, -0.2) is 11.6 Å². The van der Waals surface area contributed by atoms with Crippen LogP contribution in [0.15, 0.2) is 18.2 Å². The first-order valence-corrected chi connectivity index (χ1v) is 5.16. The van der Waals surface area contributed by atoms with Crippen LogP contribution in [0.2, 0.25) is 0 Å². The highest BCUT2D eigenvalue weighted by atomic mass is 16.6. The zero-order chi connectivity index (χ0) is 12.3. The van der Waals surface area contributed by atoms with Crippen LogP contribution in [0.1, 0.15) is 36.7 Å². The molecule has 1 aromatic carbocycles. The fraction of sp³-hybridized carbons (Fsp3) is 0.417. The molecule has 1 aromatic rings. The van der Waals surface area contributed by atoms with Crippen molar-refractivity contribution in [2.75, 3.05) is 5.73 Å². The molecule has 0 atom stereocenters. The quantitative estimate of drug-likeness (QED) is 0.589. The summed E-state index contributed by atoms with van der Waals surface area (Å²) < 4.78 is 5.27. The lowest BCUT2D eigenvalue weighted by Gasteiger charge is -2.21. The van der Waals surface area contributed by atoms with E-state index in [4.69, 9.17) is 16.2 Å². The monoisotopic (exact) mass is 222 g/mol. The van der Waals surface area contributed by atoms with E-state index in [1.165, 1.54) is 0 Å². The van der Waals surface area contributed by atoms with Gasteiger partial charge in [0.2, 0.25) is 0 Å². The number of hydrogen-bond acceptors (Lipinski definition) is 4. The van der Waals surface area contributed by atoms with Crippen LogP contribution < -0.4 is 11.5 Å². The second kappa shape index (κ2) is 4.53. The number of hydrogen-bond donors (Lipinski definition) is 2. The summed E-state index contributed by atoms with van der Waals surface area (Å²) in [5.74, 6) is -0.425. The van der Waals surface area contributed by atoms with E-state index < -0.39 is 11.6 Å². The lowest BCUT2D eigenvalue weighted by Crippen LogP contribution is -2.25. The molecule has 0 unspecified atom stereocenters. The Morgan fingerprint density at radius 3 is 2.50 bits per heavy atom. The molecule has 4 nitrogen and oxygen atoms in total. The maximum absolute atomic E-state index is 11.9. The molecule has 16 heavy (non-hydrogen) atoms. The third kappa shape index (κ3) is 2.97. The van der Waals surface area contributed by atoms with E-state index in [0.717, 1.165) is 0 Å². The zero-order valence-corrected chi connectivity index (χ0v) is 9.91. The van der Waals surface area contributed by atoms with Crippen molar-refractivity contribution in [1.82, 2.24) is 0 Å². The van der Waals surface area contributed by atoms with Crippen molar-refractivity contribution in [2.45, 2.75) is 32.9 Å². The topological polar surface area (TPSA) is 78.3 Å². The van der Waals surface area contributed by atoms with Crippen molar-refractivity contribution in [1.29, 1.82) is 0 Å². The number of benzene rings is 1. The smallest absolute Gasteiger partial charge is 0.341 e. The molecule has 0 fully saturated rings.